The van der Waals surface area contributed by atoms with Crippen molar-refractivity contribution in [3.05, 3.63) is 29.3 Å². The van der Waals surface area contributed by atoms with E-state index in [2.05, 4.69) is 4.18 Å². The molecule has 0 saturated carbocycles. The van der Waals surface area contributed by atoms with Gasteiger partial charge >= 0.3 is 57.4 Å². The summed E-state index contributed by atoms with van der Waals surface area (Å²) in [5.41, 5.74) is 0. The van der Waals surface area contributed by atoms with Gasteiger partial charge in [0.1, 0.15) is 0 Å². The Labute approximate surface area is 151 Å². The fourth-order valence-electron chi connectivity index (χ4n) is 0.899. The molecule has 2 N–H and O–H groups in total. The molecule has 0 aromatic heterocycles. The molecule has 0 aliphatic carbocycles. The Hall–Kier alpha value is 0.486. The molecule has 18 heavy (non-hydrogen) atoms. The van der Waals surface area contributed by atoms with Crippen molar-refractivity contribution in [1.82, 2.24) is 0 Å². The van der Waals surface area contributed by atoms with E-state index in [1.54, 1.807) is 0 Å². The van der Waals surface area contributed by atoms with Crippen molar-refractivity contribution in [2.75, 3.05) is 0 Å². The van der Waals surface area contributed by atoms with Gasteiger partial charge in [0.05, 0.1) is 4.90 Å². The van der Waals surface area contributed by atoms with Crippen molar-refractivity contribution in [3.63, 3.8) is 0 Å². The SMILES string of the molecule is CC(O)(OS(=O)(=O)c1ccc(Cl)cc1)C(=O)O.[KH]. The summed E-state index contributed by atoms with van der Waals surface area (Å²) < 4.78 is 27.3. The van der Waals surface area contributed by atoms with Gasteiger partial charge < -0.3 is 10.2 Å². The number of carbonyl (C=O) groups is 1. The van der Waals surface area contributed by atoms with Gasteiger partial charge in [-0.2, -0.15) is 8.42 Å². The number of aliphatic carboxylic acids is 1. The fourth-order valence-corrected chi connectivity index (χ4v) is 2.09. The third-order valence-electron chi connectivity index (χ3n) is 1.77. The molecule has 0 fully saturated rings. The zero-order valence-corrected chi connectivity index (χ0v) is 10.2. The molecule has 1 unspecified atom stereocenters. The second-order valence-electron chi connectivity index (χ2n) is 3.28. The van der Waals surface area contributed by atoms with Crippen LogP contribution in [0.3, 0.4) is 0 Å². The van der Waals surface area contributed by atoms with Gasteiger partial charge in [0.2, 0.25) is 0 Å². The number of hydrogen-bond donors (Lipinski definition) is 2. The molecule has 0 heterocycles. The number of aliphatic hydroxyl groups is 1. The third kappa shape index (κ3) is 4.87. The predicted molar refractivity (Wildman–Crippen MR) is 65.1 cm³/mol. The third-order valence-corrected chi connectivity index (χ3v) is 3.42. The Morgan fingerprint density at radius 2 is 1.78 bits per heavy atom. The second-order valence-corrected chi connectivity index (χ2v) is 5.26. The second kappa shape index (κ2) is 6.77. The molecule has 96 valence electrons. The van der Waals surface area contributed by atoms with Crippen molar-refractivity contribution in [3.8, 4) is 0 Å². The van der Waals surface area contributed by atoms with Crippen molar-refractivity contribution in [2.24, 2.45) is 0 Å². The van der Waals surface area contributed by atoms with Gasteiger partial charge in [0.15, 0.2) is 0 Å². The Balaban J connectivity index is 0.00000289. The first-order valence-electron chi connectivity index (χ1n) is 4.32. The first kappa shape index (κ1) is 18.5. The Bertz CT molecular complexity index is 524. The molecule has 0 amide bonds. The topological polar surface area (TPSA) is 101 Å². The zero-order valence-electron chi connectivity index (χ0n) is 8.62. The minimum absolute atomic E-state index is 0. The Kier molecular flexibility index (Phi) is 6.96. The summed E-state index contributed by atoms with van der Waals surface area (Å²) in [6.07, 6.45) is 0. The average Bonchev–Trinajstić information content (AvgIpc) is 2.16. The van der Waals surface area contributed by atoms with E-state index in [-0.39, 0.29) is 56.3 Å². The minimum atomic E-state index is -4.37. The maximum absolute atomic E-state index is 11.6. The van der Waals surface area contributed by atoms with Crippen LogP contribution in [0, 0.1) is 0 Å². The maximum atomic E-state index is 11.6. The summed E-state index contributed by atoms with van der Waals surface area (Å²) >= 11 is 5.57. The van der Waals surface area contributed by atoms with E-state index in [9.17, 15) is 18.3 Å². The molecule has 9 heteroatoms. The van der Waals surface area contributed by atoms with E-state index in [0.29, 0.717) is 11.9 Å². The number of benzene rings is 1. The first-order valence-corrected chi connectivity index (χ1v) is 6.11. The molecule has 6 nitrogen and oxygen atoms in total. The van der Waals surface area contributed by atoms with Gasteiger partial charge in [-0.25, -0.2) is 8.98 Å². The van der Waals surface area contributed by atoms with Gasteiger partial charge in [0.25, 0.3) is 15.9 Å². The number of hydrogen-bond acceptors (Lipinski definition) is 5. The molecule has 0 aliphatic heterocycles. The van der Waals surface area contributed by atoms with Gasteiger partial charge in [-0.1, -0.05) is 11.6 Å². The molecule has 0 saturated heterocycles. The van der Waals surface area contributed by atoms with Gasteiger partial charge in [-0.05, 0) is 24.3 Å². The molecule has 0 spiro atoms. The monoisotopic (exact) mass is 320 g/mol. The molecule has 0 aliphatic rings. The molecular formula is C9H10ClKO6S. The van der Waals surface area contributed by atoms with Crippen molar-refractivity contribution in [1.29, 1.82) is 0 Å². The molecule has 0 radical (unpaired) electrons. The summed E-state index contributed by atoms with van der Waals surface area (Å²) in [4.78, 5) is 10.2. The van der Waals surface area contributed by atoms with Crippen LogP contribution in [0.4, 0.5) is 0 Å². The quantitative estimate of drug-likeness (QED) is 0.466. The van der Waals surface area contributed by atoms with E-state index in [1.807, 2.05) is 0 Å². The fraction of sp³-hybridized carbons (Fsp3) is 0.222. The Morgan fingerprint density at radius 3 is 2.17 bits per heavy atom. The van der Waals surface area contributed by atoms with E-state index in [4.69, 9.17) is 16.7 Å². The van der Waals surface area contributed by atoms with Gasteiger partial charge in [-0.15, -0.1) is 0 Å². The standard InChI is InChI=1S/C9H9ClO6S.K.H/c1-9(13,8(11)12)16-17(14,15)7-4-2-6(10)3-5-7;;/h2-5,13H,1H3,(H,11,12);;. The van der Waals surface area contributed by atoms with Crippen LogP contribution in [0.25, 0.3) is 0 Å². The summed E-state index contributed by atoms with van der Waals surface area (Å²) in [7, 11) is -4.37. The van der Waals surface area contributed by atoms with E-state index < -0.39 is 21.9 Å². The number of carboxylic acid groups (broad SMARTS) is 1. The van der Waals surface area contributed by atoms with E-state index >= 15 is 0 Å². The van der Waals surface area contributed by atoms with Gasteiger partial charge in [0, 0.05) is 11.9 Å². The average molecular weight is 321 g/mol. The van der Waals surface area contributed by atoms with Crippen molar-refractivity contribution < 1.29 is 27.6 Å². The van der Waals surface area contributed by atoms with Crippen LogP contribution in [-0.2, 0) is 19.1 Å². The van der Waals surface area contributed by atoms with Crippen LogP contribution in [0.2, 0.25) is 5.02 Å². The van der Waals surface area contributed by atoms with E-state index in [1.165, 1.54) is 12.1 Å². The normalized spacial score (nSPS) is 14.4. The zero-order chi connectivity index (χ0) is 13.3. The first-order chi connectivity index (χ1) is 7.65. The van der Waals surface area contributed by atoms with Crippen LogP contribution in [-0.4, -0.2) is 81.8 Å². The predicted octanol–water partition coefficient (Wildman–Crippen LogP) is 0.190. The van der Waals surface area contributed by atoms with Crippen LogP contribution in [0.1, 0.15) is 6.92 Å². The summed E-state index contributed by atoms with van der Waals surface area (Å²) in [6.45, 7) is 0.711. The molecule has 0 bridgehead atoms. The van der Waals surface area contributed by atoms with Crippen LogP contribution in [0.5, 0.6) is 0 Å². The molecular weight excluding hydrogens is 311 g/mol. The number of halogens is 1. The van der Waals surface area contributed by atoms with Crippen molar-refractivity contribution in [2.45, 2.75) is 17.6 Å². The van der Waals surface area contributed by atoms with Gasteiger partial charge in [-0.3, -0.25) is 0 Å². The molecule has 1 aromatic rings. The van der Waals surface area contributed by atoms with Crippen LogP contribution in [0.15, 0.2) is 29.2 Å². The van der Waals surface area contributed by atoms with E-state index in [0.717, 1.165) is 12.1 Å². The summed E-state index contributed by atoms with van der Waals surface area (Å²) in [5.74, 6) is -4.63. The summed E-state index contributed by atoms with van der Waals surface area (Å²) in [5, 5.41) is 18.1. The van der Waals surface area contributed by atoms with Crippen molar-refractivity contribution >= 4 is 79.1 Å². The molecule has 1 rings (SSSR count). The van der Waals surface area contributed by atoms with Crippen LogP contribution < -0.4 is 0 Å². The molecule has 1 atom stereocenters. The molecule has 1 aromatic carbocycles. The number of carboxylic acids is 1. The number of rotatable bonds is 4. The summed E-state index contributed by atoms with van der Waals surface area (Å²) in [6, 6.07) is 4.87. The Morgan fingerprint density at radius 1 is 1.33 bits per heavy atom. The van der Waals surface area contributed by atoms with Crippen LogP contribution >= 0.6 is 11.6 Å².